The number of benzene rings is 2. The number of carbonyl (C=O) groups excluding carboxylic acids is 1. The van der Waals surface area contributed by atoms with E-state index in [1.165, 1.54) is 34.3 Å². The molecule has 172 valence electrons. The molecule has 0 aromatic heterocycles. The van der Waals surface area contributed by atoms with Crippen LogP contribution in [0.25, 0.3) is 0 Å². The van der Waals surface area contributed by atoms with E-state index < -0.39 is 10.0 Å². The lowest BCUT2D eigenvalue weighted by molar-refractivity contribution is -0.113. The van der Waals surface area contributed by atoms with E-state index >= 15 is 0 Å². The molecule has 2 aromatic carbocycles. The van der Waals surface area contributed by atoms with E-state index in [2.05, 4.69) is 5.32 Å². The van der Waals surface area contributed by atoms with Crippen LogP contribution in [-0.4, -0.2) is 50.7 Å². The van der Waals surface area contributed by atoms with Crippen molar-refractivity contribution >= 4 is 45.0 Å². The van der Waals surface area contributed by atoms with E-state index in [0.717, 1.165) is 30.6 Å². The molecular weight excluding hydrogens is 472 g/mol. The Morgan fingerprint density at radius 1 is 1.00 bits per heavy atom. The summed E-state index contributed by atoms with van der Waals surface area (Å²) in [5, 5.41) is 3.03. The minimum Gasteiger partial charge on any atom is -0.486 e. The average molecular weight is 497 g/mol. The highest BCUT2D eigenvalue weighted by Crippen LogP contribution is 2.34. The van der Waals surface area contributed by atoms with E-state index in [-0.39, 0.29) is 27.3 Å². The monoisotopic (exact) mass is 496 g/mol. The van der Waals surface area contributed by atoms with Gasteiger partial charge in [0.15, 0.2) is 11.5 Å². The first-order valence-electron chi connectivity index (χ1n) is 10.6. The number of hydrogen-bond acceptors (Lipinski definition) is 6. The maximum atomic E-state index is 13.1. The van der Waals surface area contributed by atoms with Crippen LogP contribution in [0, 0.1) is 0 Å². The molecule has 0 radical (unpaired) electrons. The van der Waals surface area contributed by atoms with E-state index in [1.807, 2.05) is 18.2 Å². The highest BCUT2D eigenvalue weighted by molar-refractivity contribution is 8.00. The van der Waals surface area contributed by atoms with Gasteiger partial charge >= 0.3 is 0 Å². The summed E-state index contributed by atoms with van der Waals surface area (Å²) in [4.78, 5) is 13.5. The number of nitrogens with one attached hydrogen (secondary N) is 1. The summed E-state index contributed by atoms with van der Waals surface area (Å²) in [6.07, 6.45) is 3.78. The second-order valence-electron chi connectivity index (χ2n) is 7.60. The van der Waals surface area contributed by atoms with Crippen molar-refractivity contribution in [1.82, 2.24) is 4.31 Å². The molecule has 10 heteroatoms. The first-order chi connectivity index (χ1) is 15.4. The summed E-state index contributed by atoms with van der Waals surface area (Å²) < 4.78 is 38.7. The largest absolute Gasteiger partial charge is 0.486 e. The average Bonchev–Trinajstić information content (AvgIpc) is 3.09. The van der Waals surface area contributed by atoms with E-state index in [4.69, 9.17) is 21.1 Å². The minimum absolute atomic E-state index is 0.138. The Kier molecular flexibility index (Phi) is 7.50. The lowest BCUT2D eigenvalue weighted by atomic mass is 10.2. The summed E-state index contributed by atoms with van der Waals surface area (Å²) in [6.45, 7) is 2.05. The van der Waals surface area contributed by atoms with Crippen molar-refractivity contribution in [3.63, 3.8) is 0 Å². The van der Waals surface area contributed by atoms with Gasteiger partial charge in [-0.2, -0.15) is 4.31 Å². The summed E-state index contributed by atoms with van der Waals surface area (Å²) >= 11 is 7.58. The third kappa shape index (κ3) is 5.51. The highest BCUT2D eigenvalue weighted by Gasteiger charge is 2.26. The summed E-state index contributed by atoms with van der Waals surface area (Å²) in [6, 6.07) is 9.97. The van der Waals surface area contributed by atoms with Crippen LogP contribution in [0.4, 0.5) is 5.69 Å². The molecule has 1 N–H and O–H groups in total. The molecule has 0 atom stereocenters. The van der Waals surface area contributed by atoms with Crippen LogP contribution in [0.2, 0.25) is 5.02 Å². The van der Waals surface area contributed by atoms with Crippen LogP contribution in [0.1, 0.15) is 25.7 Å². The predicted molar refractivity (Wildman–Crippen MR) is 125 cm³/mol. The third-order valence-electron chi connectivity index (χ3n) is 5.30. The van der Waals surface area contributed by atoms with Crippen molar-refractivity contribution in [2.45, 2.75) is 35.5 Å². The number of thioether (sulfide) groups is 1. The second kappa shape index (κ2) is 10.3. The quantitative estimate of drug-likeness (QED) is 0.596. The standard InChI is InChI=1S/C22H25ClN2O5S2/c23-18-7-6-17(32(27,28)25-9-3-1-2-4-10-25)14-19(18)24-22(26)15-31-16-5-8-20-21(13-16)30-12-11-29-20/h5-8,13-14H,1-4,9-12,15H2,(H,24,26). The van der Waals surface area contributed by atoms with E-state index in [1.54, 1.807) is 0 Å². The number of anilines is 1. The lowest BCUT2D eigenvalue weighted by Crippen LogP contribution is -2.32. The number of hydrogen-bond donors (Lipinski definition) is 1. The van der Waals surface area contributed by atoms with E-state index in [9.17, 15) is 13.2 Å². The Hall–Kier alpha value is -1.94. The Morgan fingerprint density at radius 3 is 2.47 bits per heavy atom. The molecule has 2 aliphatic heterocycles. The molecular formula is C22H25ClN2O5S2. The number of nitrogens with zero attached hydrogens (tertiary/aromatic N) is 1. The van der Waals surface area contributed by atoms with Gasteiger partial charge in [-0.25, -0.2) is 8.42 Å². The minimum atomic E-state index is -3.63. The van der Waals surface area contributed by atoms with Crippen LogP contribution in [0.3, 0.4) is 0 Å². The van der Waals surface area contributed by atoms with Crippen LogP contribution < -0.4 is 14.8 Å². The predicted octanol–water partition coefficient (Wildman–Crippen LogP) is 4.41. The molecule has 4 rings (SSSR count). The van der Waals surface area contributed by atoms with Gasteiger partial charge in [0.1, 0.15) is 13.2 Å². The molecule has 7 nitrogen and oxygen atoms in total. The molecule has 2 heterocycles. The first kappa shape index (κ1) is 23.2. The highest BCUT2D eigenvalue weighted by atomic mass is 35.5. The van der Waals surface area contributed by atoms with Crippen molar-refractivity contribution in [1.29, 1.82) is 0 Å². The Bertz CT molecular complexity index is 1090. The fourth-order valence-electron chi connectivity index (χ4n) is 3.64. The molecule has 2 aromatic rings. The lowest BCUT2D eigenvalue weighted by Gasteiger charge is -2.20. The van der Waals surface area contributed by atoms with Gasteiger partial charge in [-0.1, -0.05) is 24.4 Å². The van der Waals surface area contributed by atoms with Crippen LogP contribution in [-0.2, 0) is 14.8 Å². The molecule has 1 saturated heterocycles. The molecule has 0 unspecified atom stereocenters. The van der Waals surface area contributed by atoms with Gasteiger partial charge in [0.05, 0.1) is 21.4 Å². The van der Waals surface area contributed by atoms with Gasteiger partial charge in [-0.15, -0.1) is 11.8 Å². The fourth-order valence-corrected chi connectivity index (χ4v) is 6.07. The summed E-state index contributed by atoms with van der Waals surface area (Å²) in [5.74, 6) is 1.21. The van der Waals surface area contributed by atoms with Crippen molar-refractivity contribution in [2.24, 2.45) is 0 Å². The third-order valence-corrected chi connectivity index (χ3v) is 8.52. The van der Waals surface area contributed by atoms with Crippen molar-refractivity contribution in [3.8, 4) is 11.5 Å². The molecule has 0 aliphatic carbocycles. The zero-order valence-corrected chi connectivity index (χ0v) is 19.9. The fraction of sp³-hybridized carbons (Fsp3) is 0.409. The number of halogens is 1. The maximum Gasteiger partial charge on any atom is 0.243 e. The molecule has 2 aliphatic rings. The smallest absolute Gasteiger partial charge is 0.243 e. The number of sulfonamides is 1. The molecule has 0 saturated carbocycles. The first-order valence-corrected chi connectivity index (χ1v) is 13.4. The van der Waals surface area contributed by atoms with Gasteiger partial charge in [0.25, 0.3) is 0 Å². The molecule has 1 amide bonds. The van der Waals surface area contributed by atoms with Crippen LogP contribution in [0.15, 0.2) is 46.2 Å². The van der Waals surface area contributed by atoms with Crippen LogP contribution in [0.5, 0.6) is 11.5 Å². The Morgan fingerprint density at radius 2 is 1.72 bits per heavy atom. The summed E-state index contributed by atoms with van der Waals surface area (Å²) in [7, 11) is -3.63. The van der Waals surface area contributed by atoms with Gasteiger partial charge in [0, 0.05) is 18.0 Å². The molecule has 1 fully saturated rings. The van der Waals surface area contributed by atoms with E-state index in [0.29, 0.717) is 37.8 Å². The zero-order valence-electron chi connectivity index (χ0n) is 17.5. The normalized spacial score (nSPS) is 16.9. The topological polar surface area (TPSA) is 84.9 Å². The SMILES string of the molecule is O=C(CSc1ccc2c(c1)OCCO2)Nc1cc(S(=O)(=O)N2CCCCCC2)ccc1Cl. The number of amides is 1. The number of carbonyl (C=O) groups is 1. The van der Waals surface area contributed by atoms with Gasteiger partial charge < -0.3 is 14.8 Å². The molecule has 0 spiro atoms. The van der Waals surface area contributed by atoms with Crippen molar-refractivity contribution in [3.05, 3.63) is 41.4 Å². The molecule has 32 heavy (non-hydrogen) atoms. The van der Waals surface area contributed by atoms with Crippen molar-refractivity contribution in [2.75, 3.05) is 37.4 Å². The van der Waals surface area contributed by atoms with Crippen LogP contribution >= 0.6 is 23.4 Å². The van der Waals surface area contributed by atoms with Gasteiger partial charge in [0.2, 0.25) is 15.9 Å². The van der Waals surface area contributed by atoms with Crippen molar-refractivity contribution < 1.29 is 22.7 Å². The Balaban J connectivity index is 1.42. The maximum absolute atomic E-state index is 13.1. The number of rotatable bonds is 6. The second-order valence-corrected chi connectivity index (χ2v) is 11.0. The Labute approximate surface area is 197 Å². The van der Waals surface area contributed by atoms with Gasteiger partial charge in [-0.3, -0.25) is 4.79 Å². The van der Waals surface area contributed by atoms with Gasteiger partial charge in [-0.05, 0) is 49.2 Å². The number of fused-ring (bicyclic) bond motifs is 1. The zero-order chi connectivity index (χ0) is 22.6. The number of ether oxygens (including phenoxy) is 2. The summed E-state index contributed by atoms with van der Waals surface area (Å²) in [5.41, 5.74) is 0.287. The molecule has 0 bridgehead atoms.